The lowest BCUT2D eigenvalue weighted by molar-refractivity contribution is -0.384. The van der Waals surface area contributed by atoms with E-state index in [2.05, 4.69) is 0 Å². The minimum absolute atomic E-state index is 0.0485. The van der Waals surface area contributed by atoms with Gasteiger partial charge in [0.25, 0.3) is 5.69 Å². The zero-order valence-corrected chi connectivity index (χ0v) is 21.0. The molecule has 0 aromatic heterocycles. The molecule has 184 valence electrons. The Kier molecular flexibility index (Phi) is 7.96. The number of carbonyl (C=O) groups excluding carboxylic acids is 2. The fraction of sp³-hybridized carbons (Fsp3) is 0.308. The predicted octanol–water partition coefficient (Wildman–Crippen LogP) is 5.83. The van der Waals surface area contributed by atoms with Gasteiger partial charge in [-0.3, -0.25) is 10.1 Å². The number of allylic oxidation sites excluding steroid dienone is 2. The van der Waals surface area contributed by atoms with E-state index in [9.17, 15) is 19.7 Å². The Morgan fingerprint density at radius 1 is 0.943 bits per heavy atom. The minimum Gasteiger partial charge on any atom is -0.463 e. The number of nitro groups is 1. The van der Waals surface area contributed by atoms with Gasteiger partial charge in [-0.2, -0.15) is 0 Å². The molecule has 2 aromatic rings. The molecule has 0 saturated heterocycles. The highest BCUT2D eigenvalue weighted by atomic mass is 35.5. The molecule has 0 unspecified atom stereocenters. The number of ether oxygens (including phenoxy) is 2. The van der Waals surface area contributed by atoms with Crippen LogP contribution in [0.1, 0.15) is 44.7 Å². The molecule has 1 heterocycles. The first-order chi connectivity index (χ1) is 16.6. The van der Waals surface area contributed by atoms with Gasteiger partial charge in [0.1, 0.15) is 5.02 Å². The van der Waals surface area contributed by atoms with E-state index in [1.165, 1.54) is 12.1 Å². The van der Waals surface area contributed by atoms with Gasteiger partial charge in [0.15, 0.2) is 0 Å². The molecule has 8 nitrogen and oxygen atoms in total. The molecule has 2 aromatic carbocycles. The summed E-state index contributed by atoms with van der Waals surface area (Å²) < 4.78 is 10.7. The maximum absolute atomic E-state index is 13.3. The first kappa shape index (κ1) is 26.0. The molecule has 0 N–H and O–H groups in total. The number of carbonyl (C=O) groups is 2. The highest BCUT2D eigenvalue weighted by molar-refractivity contribution is 6.32. The summed E-state index contributed by atoms with van der Waals surface area (Å²) in [5.74, 6) is -2.20. The normalized spacial score (nSPS) is 14.3. The van der Waals surface area contributed by atoms with Gasteiger partial charge in [0.2, 0.25) is 0 Å². The van der Waals surface area contributed by atoms with Crippen molar-refractivity contribution in [2.45, 2.75) is 40.5 Å². The van der Waals surface area contributed by atoms with Crippen molar-refractivity contribution in [3.05, 3.63) is 91.3 Å². The lowest BCUT2D eigenvalue weighted by atomic mass is 9.79. The van der Waals surface area contributed by atoms with Crippen molar-refractivity contribution in [2.75, 3.05) is 18.1 Å². The fourth-order valence-electron chi connectivity index (χ4n) is 4.27. The van der Waals surface area contributed by atoms with Crippen molar-refractivity contribution in [1.29, 1.82) is 0 Å². The van der Waals surface area contributed by atoms with Crippen LogP contribution in [-0.2, 0) is 19.1 Å². The summed E-state index contributed by atoms with van der Waals surface area (Å²) in [5, 5.41) is 11.5. The third-order valence-electron chi connectivity index (χ3n) is 5.81. The molecule has 0 saturated carbocycles. The molecule has 0 bridgehead atoms. The van der Waals surface area contributed by atoms with Crippen LogP contribution in [0.2, 0.25) is 5.02 Å². The van der Waals surface area contributed by atoms with E-state index < -0.39 is 22.8 Å². The summed E-state index contributed by atoms with van der Waals surface area (Å²) in [6.07, 6.45) is 0. The molecule has 0 fully saturated rings. The van der Waals surface area contributed by atoms with Crippen LogP contribution in [-0.4, -0.2) is 30.1 Å². The van der Waals surface area contributed by atoms with Crippen molar-refractivity contribution in [3.8, 4) is 0 Å². The van der Waals surface area contributed by atoms with Crippen LogP contribution in [0, 0.1) is 17.0 Å². The number of nitro benzene ring substituents is 1. The Bertz CT molecular complexity index is 1190. The van der Waals surface area contributed by atoms with E-state index in [1.807, 2.05) is 31.2 Å². The van der Waals surface area contributed by atoms with Crippen LogP contribution >= 0.6 is 11.6 Å². The van der Waals surface area contributed by atoms with E-state index >= 15 is 0 Å². The number of esters is 2. The molecule has 1 aliphatic heterocycles. The molecule has 0 radical (unpaired) electrons. The van der Waals surface area contributed by atoms with Crippen LogP contribution < -0.4 is 4.90 Å². The molecule has 0 aliphatic carbocycles. The molecule has 0 spiro atoms. The molecule has 1 aliphatic rings. The van der Waals surface area contributed by atoms with Gasteiger partial charge >= 0.3 is 11.9 Å². The number of benzene rings is 2. The predicted molar refractivity (Wildman–Crippen MR) is 133 cm³/mol. The smallest absolute Gasteiger partial charge is 0.336 e. The number of halogens is 1. The second-order valence-electron chi connectivity index (χ2n) is 8.01. The Hall–Kier alpha value is -3.65. The highest BCUT2D eigenvalue weighted by Crippen LogP contribution is 2.45. The highest BCUT2D eigenvalue weighted by Gasteiger charge is 2.41. The van der Waals surface area contributed by atoms with Crippen molar-refractivity contribution in [3.63, 3.8) is 0 Å². The second kappa shape index (κ2) is 10.7. The molecular formula is C26H27ClN2O6. The standard InChI is InChI=1S/C26H27ClN2O6/c1-6-34-25(30)22-16(4)28(19-11-8-15(3)9-12-19)17(5)23(26(31)35-7-2)24(22)18-10-13-20(27)21(14-18)29(32)33/h8-14,24H,6-7H2,1-5H3. The van der Waals surface area contributed by atoms with E-state index in [0.717, 1.165) is 11.3 Å². The van der Waals surface area contributed by atoms with Crippen molar-refractivity contribution < 1.29 is 24.0 Å². The van der Waals surface area contributed by atoms with Gasteiger partial charge < -0.3 is 14.4 Å². The van der Waals surface area contributed by atoms with E-state index in [1.54, 1.807) is 38.7 Å². The van der Waals surface area contributed by atoms with Crippen LogP contribution in [0.3, 0.4) is 0 Å². The number of hydrogen-bond donors (Lipinski definition) is 0. The summed E-state index contributed by atoms with van der Waals surface area (Å²) in [4.78, 5) is 39.4. The Balaban J connectivity index is 2.36. The maximum Gasteiger partial charge on any atom is 0.336 e. The summed E-state index contributed by atoms with van der Waals surface area (Å²) in [6.45, 7) is 9.08. The SMILES string of the molecule is CCOC(=O)C1=C(C)N(c2ccc(C)cc2)C(C)=C(C(=O)OCC)C1c1ccc(Cl)c([N+](=O)[O-])c1. The minimum atomic E-state index is -0.953. The Labute approximate surface area is 208 Å². The summed E-state index contributed by atoms with van der Waals surface area (Å²) in [6, 6.07) is 11.9. The van der Waals surface area contributed by atoms with Crippen LogP contribution in [0.15, 0.2) is 65.0 Å². The van der Waals surface area contributed by atoms with E-state index in [-0.39, 0.29) is 35.1 Å². The quantitative estimate of drug-likeness (QED) is 0.269. The van der Waals surface area contributed by atoms with Crippen molar-refractivity contribution in [2.24, 2.45) is 0 Å². The number of anilines is 1. The van der Waals surface area contributed by atoms with E-state index in [4.69, 9.17) is 21.1 Å². The first-order valence-electron chi connectivity index (χ1n) is 11.2. The van der Waals surface area contributed by atoms with Crippen LogP contribution in [0.25, 0.3) is 0 Å². The molecule has 3 rings (SSSR count). The van der Waals surface area contributed by atoms with Crippen LogP contribution in [0.4, 0.5) is 11.4 Å². The molecule has 0 amide bonds. The lowest BCUT2D eigenvalue weighted by Gasteiger charge is -2.38. The zero-order valence-electron chi connectivity index (χ0n) is 20.3. The van der Waals surface area contributed by atoms with Gasteiger partial charge in [-0.05, 0) is 58.4 Å². The summed E-state index contributed by atoms with van der Waals surface area (Å²) in [7, 11) is 0. The van der Waals surface area contributed by atoms with Gasteiger partial charge in [-0.25, -0.2) is 9.59 Å². The monoisotopic (exact) mass is 498 g/mol. The largest absolute Gasteiger partial charge is 0.463 e. The summed E-state index contributed by atoms with van der Waals surface area (Å²) >= 11 is 6.04. The third kappa shape index (κ3) is 5.07. The zero-order chi connectivity index (χ0) is 25.9. The molecule has 9 heteroatoms. The van der Waals surface area contributed by atoms with Gasteiger partial charge in [0, 0.05) is 23.1 Å². The van der Waals surface area contributed by atoms with E-state index in [0.29, 0.717) is 17.0 Å². The number of rotatable bonds is 7. The molecule has 0 atom stereocenters. The number of nitrogens with zero attached hydrogens (tertiary/aromatic N) is 2. The van der Waals surface area contributed by atoms with Gasteiger partial charge in [0.05, 0.1) is 35.2 Å². The maximum atomic E-state index is 13.3. The van der Waals surface area contributed by atoms with Gasteiger partial charge in [-0.15, -0.1) is 0 Å². The lowest BCUT2D eigenvalue weighted by Crippen LogP contribution is -2.35. The second-order valence-corrected chi connectivity index (χ2v) is 8.42. The summed E-state index contributed by atoms with van der Waals surface area (Å²) in [5.41, 5.74) is 3.30. The van der Waals surface area contributed by atoms with Crippen LogP contribution in [0.5, 0.6) is 0 Å². The average Bonchev–Trinajstić information content (AvgIpc) is 2.80. The topological polar surface area (TPSA) is 99.0 Å². The van der Waals surface area contributed by atoms with Crippen molar-refractivity contribution in [1.82, 2.24) is 0 Å². The third-order valence-corrected chi connectivity index (χ3v) is 6.13. The number of hydrogen-bond acceptors (Lipinski definition) is 7. The first-order valence-corrected chi connectivity index (χ1v) is 11.6. The van der Waals surface area contributed by atoms with Crippen molar-refractivity contribution >= 4 is 34.9 Å². The molecular weight excluding hydrogens is 472 g/mol. The average molecular weight is 499 g/mol. The Morgan fingerprint density at radius 3 is 1.91 bits per heavy atom. The molecule has 35 heavy (non-hydrogen) atoms. The van der Waals surface area contributed by atoms with Gasteiger partial charge in [-0.1, -0.05) is 35.4 Å². The Morgan fingerprint density at radius 2 is 1.46 bits per heavy atom. The number of aryl methyl sites for hydroxylation is 1. The fourth-order valence-corrected chi connectivity index (χ4v) is 4.45.